The lowest BCUT2D eigenvalue weighted by molar-refractivity contribution is -0.137. The van der Waals surface area contributed by atoms with Crippen LogP contribution in [0.3, 0.4) is 0 Å². The molecule has 7 nitrogen and oxygen atoms in total. The van der Waals surface area contributed by atoms with Crippen molar-refractivity contribution in [2.24, 2.45) is 0 Å². The van der Waals surface area contributed by atoms with Gasteiger partial charge in [0.2, 0.25) is 0 Å². The monoisotopic (exact) mass is 464 g/mol. The van der Waals surface area contributed by atoms with Crippen LogP contribution < -0.4 is 10.9 Å². The molecule has 1 amide bonds. The molecule has 33 heavy (non-hydrogen) atoms. The fraction of sp³-hybridized carbons (Fsp3) is 0.435. The summed E-state index contributed by atoms with van der Waals surface area (Å²) in [6.07, 6.45) is -0.297. The lowest BCUT2D eigenvalue weighted by atomic mass is 10.1. The standard InChI is InChI=1S/C23H27F3N4O3/c1-15(28-21(32)33-22(2,3)4)6-5-10-29-11-9-16-12-18(7-8-19(16)20(29)31)30-14-17(13-27-30)23(24,25)26/h7-9,11-15H,5-6,10H2,1-4H3,(H,28,32). The minimum atomic E-state index is -4.47. The van der Waals surface area contributed by atoms with Gasteiger partial charge in [0.25, 0.3) is 5.56 Å². The molecular formula is C23H27F3N4O3. The number of benzene rings is 1. The molecule has 178 valence electrons. The topological polar surface area (TPSA) is 78.2 Å². The summed E-state index contributed by atoms with van der Waals surface area (Å²) in [5, 5.41) is 7.62. The number of carbonyl (C=O) groups is 1. The molecular weight excluding hydrogens is 437 g/mol. The number of aromatic nitrogens is 3. The number of carbonyl (C=O) groups excluding carboxylic acids is 1. The van der Waals surface area contributed by atoms with Crippen LogP contribution in [0.15, 0.2) is 47.7 Å². The van der Waals surface area contributed by atoms with E-state index in [1.807, 2.05) is 6.92 Å². The smallest absolute Gasteiger partial charge is 0.419 e. The third-order valence-corrected chi connectivity index (χ3v) is 4.93. The molecule has 0 spiro atoms. The molecule has 0 aliphatic carbocycles. The van der Waals surface area contributed by atoms with Gasteiger partial charge >= 0.3 is 12.3 Å². The number of aryl methyl sites for hydroxylation is 1. The molecule has 3 rings (SSSR count). The van der Waals surface area contributed by atoms with Crippen LogP contribution in [0.4, 0.5) is 18.0 Å². The Morgan fingerprint density at radius 2 is 1.94 bits per heavy atom. The highest BCUT2D eigenvalue weighted by Crippen LogP contribution is 2.29. The number of halogens is 3. The predicted molar refractivity (Wildman–Crippen MR) is 118 cm³/mol. The van der Waals surface area contributed by atoms with E-state index in [0.29, 0.717) is 35.8 Å². The van der Waals surface area contributed by atoms with Crippen molar-refractivity contribution >= 4 is 16.9 Å². The molecule has 0 aliphatic rings. The van der Waals surface area contributed by atoms with Crippen LogP contribution in [0.2, 0.25) is 0 Å². The minimum Gasteiger partial charge on any atom is -0.444 e. The molecule has 2 heterocycles. The molecule has 0 fully saturated rings. The summed E-state index contributed by atoms with van der Waals surface area (Å²) in [4.78, 5) is 24.7. The number of alkyl carbamates (subject to hydrolysis) is 1. The van der Waals surface area contributed by atoms with Crippen LogP contribution in [0.5, 0.6) is 0 Å². The average molecular weight is 464 g/mol. The van der Waals surface area contributed by atoms with Crippen LogP contribution >= 0.6 is 0 Å². The van der Waals surface area contributed by atoms with Gasteiger partial charge in [-0.15, -0.1) is 0 Å². The van der Waals surface area contributed by atoms with E-state index >= 15 is 0 Å². The van der Waals surface area contributed by atoms with Gasteiger partial charge in [-0.25, -0.2) is 9.48 Å². The third kappa shape index (κ3) is 6.36. The van der Waals surface area contributed by atoms with E-state index in [9.17, 15) is 22.8 Å². The molecule has 1 atom stereocenters. The Balaban J connectivity index is 1.65. The van der Waals surface area contributed by atoms with Gasteiger partial charge in [0.1, 0.15) is 5.60 Å². The van der Waals surface area contributed by atoms with Gasteiger partial charge in [-0.1, -0.05) is 0 Å². The summed E-state index contributed by atoms with van der Waals surface area (Å²) in [6.45, 7) is 7.71. The van der Waals surface area contributed by atoms with E-state index in [0.717, 1.165) is 17.1 Å². The van der Waals surface area contributed by atoms with E-state index in [1.54, 1.807) is 55.8 Å². The van der Waals surface area contributed by atoms with Crippen LogP contribution in [0.25, 0.3) is 16.5 Å². The first-order valence-corrected chi connectivity index (χ1v) is 10.6. The summed E-state index contributed by atoms with van der Waals surface area (Å²) < 4.78 is 46.4. The maximum atomic E-state index is 12.8. The lowest BCUT2D eigenvalue weighted by Crippen LogP contribution is -2.37. The van der Waals surface area contributed by atoms with Crippen molar-refractivity contribution < 1.29 is 22.7 Å². The first-order valence-electron chi connectivity index (χ1n) is 10.6. The van der Waals surface area contributed by atoms with E-state index in [-0.39, 0.29) is 11.6 Å². The normalized spacial score (nSPS) is 13.2. The molecule has 10 heteroatoms. The molecule has 0 bridgehead atoms. The molecule has 3 aromatic rings. The number of nitrogens with zero attached hydrogens (tertiary/aromatic N) is 3. The summed E-state index contributed by atoms with van der Waals surface area (Å²) in [7, 11) is 0. The average Bonchev–Trinajstić information content (AvgIpc) is 3.18. The van der Waals surface area contributed by atoms with Gasteiger partial charge in [0, 0.05) is 30.4 Å². The van der Waals surface area contributed by atoms with Crippen molar-refractivity contribution in [3.05, 3.63) is 58.8 Å². The van der Waals surface area contributed by atoms with Gasteiger partial charge in [0.15, 0.2) is 0 Å². The van der Waals surface area contributed by atoms with Crippen LogP contribution in [-0.2, 0) is 17.5 Å². The Labute approximate surface area is 189 Å². The molecule has 0 radical (unpaired) electrons. The van der Waals surface area contributed by atoms with E-state index in [1.165, 1.54) is 0 Å². The molecule has 1 N–H and O–H groups in total. The summed E-state index contributed by atoms with van der Waals surface area (Å²) in [6, 6.07) is 6.41. The summed E-state index contributed by atoms with van der Waals surface area (Å²) >= 11 is 0. The second kappa shape index (κ2) is 9.29. The highest BCUT2D eigenvalue weighted by atomic mass is 19.4. The molecule has 1 aromatic carbocycles. The highest BCUT2D eigenvalue weighted by Gasteiger charge is 2.32. The Morgan fingerprint density at radius 3 is 2.58 bits per heavy atom. The lowest BCUT2D eigenvalue weighted by Gasteiger charge is -2.22. The van der Waals surface area contributed by atoms with Gasteiger partial charge in [0.05, 0.1) is 17.4 Å². The second-order valence-electron chi connectivity index (χ2n) is 8.95. The van der Waals surface area contributed by atoms with Crippen molar-refractivity contribution in [3.63, 3.8) is 0 Å². The minimum absolute atomic E-state index is 0.116. The van der Waals surface area contributed by atoms with Gasteiger partial charge in [-0.05, 0) is 70.2 Å². The molecule has 2 aromatic heterocycles. The fourth-order valence-electron chi connectivity index (χ4n) is 3.35. The fourth-order valence-corrected chi connectivity index (χ4v) is 3.35. The number of alkyl halides is 3. The van der Waals surface area contributed by atoms with E-state index < -0.39 is 23.4 Å². The highest BCUT2D eigenvalue weighted by molar-refractivity contribution is 5.83. The summed E-state index contributed by atoms with van der Waals surface area (Å²) in [5.41, 5.74) is -1.17. The Bertz CT molecular complexity index is 1190. The number of pyridine rings is 1. The Hall–Kier alpha value is -3.30. The number of fused-ring (bicyclic) bond motifs is 1. The Kier molecular flexibility index (Phi) is 6.85. The van der Waals surface area contributed by atoms with Gasteiger partial charge < -0.3 is 14.6 Å². The van der Waals surface area contributed by atoms with Crippen molar-refractivity contribution in [3.8, 4) is 5.69 Å². The zero-order valence-corrected chi connectivity index (χ0v) is 18.9. The Morgan fingerprint density at radius 1 is 1.21 bits per heavy atom. The number of hydrogen-bond acceptors (Lipinski definition) is 4. The van der Waals surface area contributed by atoms with E-state index in [4.69, 9.17) is 4.74 Å². The van der Waals surface area contributed by atoms with Crippen LogP contribution in [0, 0.1) is 0 Å². The van der Waals surface area contributed by atoms with Crippen LogP contribution in [0.1, 0.15) is 46.1 Å². The second-order valence-corrected chi connectivity index (χ2v) is 8.95. The number of rotatable bonds is 6. The first kappa shape index (κ1) is 24.3. The van der Waals surface area contributed by atoms with Crippen molar-refractivity contribution in [1.29, 1.82) is 0 Å². The quantitative estimate of drug-likeness (QED) is 0.563. The van der Waals surface area contributed by atoms with Gasteiger partial charge in [-0.2, -0.15) is 18.3 Å². The van der Waals surface area contributed by atoms with Crippen molar-refractivity contribution in [2.75, 3.05) is 0 Å². The largest absolute Gasteiger partial charge is 0.444 e. The molecule has 1 unspecified atom stereocenters. The maximum absolute atomic E-state index is 12.8. The number of hydrogen-bond donors (Lipinski definition) is 1. The zero-order chi connectivity index (χ0) is 24.4. The predicted octanol–water partition coefficient (Wildman–Crippen LogP) is 4.90. The molecule has 0 saturated carbocycles. The van der Waals surface area contributed by atoms with Gasteiger partial charge in [-0.3, -0.25) is 4.79 Å². The number of ether oxygens (including phenoxy) is 1. The molecule has 0 aliphatic heterocycles. The third-order valence-electron chi connectivity index (χ3n) is 4.93. The number of amides is 1. The first-order chi connectivity index (χ1) is 15.3. The zero-order valence-electron chi connectivity index (χ0n) is 18.9. The SMILES string of the molecule is CC(CCCn1ccc2cc(-n3cc(C(F)(F)F)cn3)ccc2c1=O)NC(=O)OC(C)(C)C. The summed E-state index contributed by atoms with van der Waals surface area (Å²) in [5.74, 6) is 0. The number of nitrogens with one attached hydrogen (secondary N) is 1. The van der Waals surface area contributed by atoms with Crippen LogP contribution in [-0.4, -0.2) is 32.1 Å². The van der Waals surface area contributed by atoms with Crippen molar-refractivity contribution in [2.45, 2.75) is 64.9 Å². The molecule has 0 saturated heterocycles. The maximum Gasteiger partial charge on any atom is 0.419 e. The van der Waals surface area contributed by atoms with E-state index in [2.05, 4.69) is 10.4 Å². The van der Waals surface area contributed by atoms with Crippen molar-refractivity contribution in [1.82, 2.24) is 19.7 Å².